The van der Waals surface area contributed by atoms with Crippen molar-refractivity contribution in [1.82, 2.24) is 0 Å². The highest BCUT2D eigenvalue weighted by Crippen LogP contribution is 2.14. The Morgan fingerprint density at radius 3 is 2.38 bits per heavy atom. The molecule has 0 aromatic carbocycles. The first-order chi connectivity index (χ1) is 3.83. The summed E-state index contributed by atoms with van der Waals surface area (Å²) in [6.45, 7) is 3.78. The lowest BCUT2D eigenvalue weighted by Gasteiger charge is -1.98. The molecule has 0 amide bonds. The molecular formula is C5H10O3. The van der Waals surface area contributed by atoms with Crippen molar-refractivity contribution in [3.8, 4) is 0 Å². The Hall–Kier alpha value is -0.120. The van der Waals surface area contributed by atoms with Gasteiger partial charge in [0.2, 0.25) is 0 Å². The van der Waals surface area contributed by atoms with E-state index in [4.69, 9.17) is 9.62 Å². The van der Waals surface area contributed by atoms with Gasteiger partial charge in [-0.05, 0) is 13.3 Å². The van der Waals surface area contributed by atoms with Crippen LogP contribution < -0.4 is 0 Å². The third kappa shape index (κ3) is 1.18. The zero-order valence-electron chi connectivity index (χ0n) is 5.09. The van der Waals surface area contributed by atoms with E-state index in [1.54, 1.807) is 6.92 Å². The van der Waals surface area contributed by atoms with Gasteiger partial charge in [-0.15, -0.1) is 0 Å². The van der Waals surface area contributed by atoms with Crippen LogP contribution in [0.2, 0.25) is 0 Å². The molecule has 1 aliphatic rings. The van der Waals surface area contributed by atoms with Crippen LogP contribution in [-0.2, 0) is 14.5 Å². The molecule has 3 heteroatoms. The average Bonchev–Trinajstić information content (AvgIpc) is 2.14. The number of ether oxygens (including phenoxy) is 1. The van der Waals surface area contributed by atoms with Crippen molar-refractivity contribution in [3.63, 3.8) is 0 Å². The largest absolute Gasteiger partial charge is 0.318 e. The quantitative estimate of drug-likeness (QED) is 0.481. The van der Waals surface area contributed by atoms with Gasteiger partial charge in [0, 0.05) is 0 Å². The highest BCUT2D eigenvalue weighted by molar-refractivity contribution is 4.41. The second-order valence-electron chi connectivity index (χ2n) is 1.73. The summed E-state index contributed by atoms with van der Waals surface area (Å²) in [5, 5.41) is 0. The Kier molecular flexibility index (Phi) is 1.83. The second-order valence-corrected chi connectivity index (χ2v) is 1.73. The van der Waals surface area contributed by atoms with E-state index < -0.39 is 0 Å². The van der Waals surface area contributed by atoms with Gasteiger partial charge in [0.25, 0.3) is 0 Å². The maximum Gasteiger partial charge on any atom is 0.194 e. The molecule has 1 saturated heterocycles. The smallest absolute Gasteiger partial charge is 0.194 e. The first-order valence-electron chi connectivity index (χ1n) is 2.80. The Labute approximate surface area is 48.5 Å². The summed E-state index contributed by atoms with van der Waals surface area (Å²) in [7, 11) is 0. The van der Waals surface area contributed by atoms with Gasteiger partial charge < -0.3 is 4.74 Å². The SMILES string of the molecule is CCC1OOC(C)O1. The third-order valence-electron chi connectivity index (χ3n) is 0.975. The number of hydrogen-bond acceptors (Lipinski definition) is 3. The van der Waals surface area contributed by atoms with Crippen LogP contribution in [-0.4, -0.2) is 12.6 Å². The van der Waals surface area contributed by atoms with Crippen LogP contribution in [0.25, 0.3) is 0 Å². The van der Waals surface area contributed by atoms with Crippen molar-refractivity contribution in [2.75, 3.05) is 0 Å². The van der Waals surface area contributed by atoms with Crippen LogP contribution in [0, 0.1) is 0 Å². The van der Waals surface area contributed by atoms with Crippen molar-refractivity contribution in [2.24, 2.45) is 0 Å². The van der Waals surface area contributed by atoms with E-state index >= 15 is 0 Å². The van der Waals surface area contributed by atoms with Gasteiger partial charge in [-0.25, -0.2) is 9.78 Å². The molecular weight excluding hydrogens is 108 g/mol. The van der Waals surface area contributed by atoms with Crippen molar-refractivity contribution in [3.05, 3.63) is 0 Å². The summed E-state index contributed by atoms with van der Waals surface area (Å²) in [5.41, 5.74) is 0. The molecule has 2 unspecified atom stereocenters. The molecule has 0 spiro atoms. The minimum atomic E-state index is -0.194. The van der Waals surface area contributed by atoms with E-state index in [-0.39, 0.29) is 12.6 Å². The predicted molar refractivity (Wildman–Crippen MR) is 26.8 cm³/mol. The van der Waals surface area contributed by atoms with Gasteiger partial charge in [-0.1, -0.05) is 6.92 Å². The lowest BCUT2D eigenvalue weighted by atomic mass is 10.5. The predicted octanol–water partition coefficient (Wildman–Crippen LogP) is 1.05. The molecule has 1 aliphatic heterocycles. The van der Waals surface area contributed by atoms with Gasteiger partial charge in [-0.3, -0.25) is 0 Å². The van der Waals surface area contributed by atoms with Crippen molar-refractivity contribution >= 4 is 0 Å². The minimum absolute atomic E-state index is 0.148. The van der Waals surface area contributed by atoms with Gasteiger partial charge in [0.1, 0.15) is 0 Å². The third-order valence-corrected chi connectivity index (χ3v) is 0.975. The van der Waals surface area contributed by atoms with E-state index in [1.165, 1.54) is 0 Å². The van der Waals surface area contributed by atoms with E-state index in [1.807, 2.05) is 6.92 Å². The lowest BCUT2D eigenvalue weighted by Crippen LogP contribution is -2.06. The van der Waals surface area contributed by atoms with Crippen molar-refractivity contribution in [1.29, 1.82) is 0 Å². The monoisotopic (exact) mass is 118 g/mol. The molecule has 0 bridgehead atoms. The molecule has 3 nitrogen and oxygen atoms in total. The van der Waals surface area contributed by atoms with E-state index in [2.05, 4.69) is 4.89 Å². The van der Waals surface area contributed by atoms with Crippen LogP contribution in [0.15, 0.2) is 0 Å². The van der Waals surface area contributed by atoms with E-state index in [0.29, 0.717) is 0 Å². The van der Waals surface area contributed by atoms with Crippen molar-refractivity contribution < 1.29 is 14.5 Å². The second kappa shape index (κ2) is 2.44. The Balaban J connectivity index is 2.22. The van der Waals surface area contributed by atoms with Crippen LogP contribution in [0.4, 0.5) is 0 Å². The summed E-state index contributed by atoms with van der Waals surface area (Å²) in [6.07, 6.45) is 0.495. The Bertz CT molecular complexity index is 74.1. The number of hydrogen-bond donors (Lipinski definition) is 0. The average molecular weight is 118 g/mol. The maximum absolute atomic E-state index is 5.07. The fraction of sp³-hybridized carbons (Fsp3) is 1.00. The highest BCUT2D eigenvalue weighted by atomic mass is 17.3. The molecule has 0 aliphatic carbocycles. The molecule has 1 heterocycles. The lowest BCUT2D eigenvalue weighted by molar-refractivity contribution is -0.293. The molecule has 1 fully saturated rings. The molecule has 0 radical (unpaired) electrons. The maximum atomic E-state index is 5.07. The van der Waals surface area contributed by atoms with Gasteiger partial charge >= 0.3 is 0 Å². The molecule has 0 aromatic rings. The van der Waals surface area contributed by atoms with Crippen LogP contribution >= 0.6 is 0 Å². The molecule has 1 rings (SSSR count). The summed E-state index contributed by atoms with van der Waals surface area (Å²) in [6, 6.07) is 0. The topological polar surface area (TPSA) is 27.7 Å². The molecule has 2 atom stereocenters. The molecule has 48 valence electrons. The normalized spacial score (nSPS) is 38.2. The molecule has 0 aromatic heterocycles. The van der Waals surface area contributed by atoms with Crippen LogP contribution in [0.5, 0.6) is 0 Å². The first-order valence-corrected chi connectivity index (χ1v) is 2.80. The minimum Gasteiger partial charge on any atom is -0.318 e. The molecule has 0 saturated carbocycles. The van der Waals surface area contributed by atoms with Gasteiger partial charge in [0.15, 0.2) is 12.6 Å². The first kappa shape index (κ1) is 6.01. The zero-order chi connectivity index (χ0) is 5.98. The van der Waals surface area contributed by atoms with Gasteiger partial charge in [-0.2, -0.15) is 0 Å². The van der Waals surface area contributed by atoms with Gasteiger partial charge in [0.05, 0.1) is 0 Å². The van der Waals surface area contributed by atoms with Crippen LogP contribution in [0.1, 0.15) is 20.3 Å². The standard InChI is InChI=1S/C5H10O3/c1-3-5-6-4(2)7-8-5/h4-5H,3H2,1-2H3. The summed E-state index contributed by atoms with van der Waals surface area (Å²) in [5.74, 6) is 0. The zero-order valence-corrected chi connectivity index (χ0v) is 5.09. The highest BCUT2D eigenvalue weighted by Gasteiger charge is 2.21. The fourth-order valence-electron chi connectivity index (χ4n) is 0.564. The van der Waals surface area contributed by atoms with Crippen LogP contribution in [0.3, 0.4) is 0 Å². The number of rotatable bonds is 1. The summed E-state index contributed by atoms with van der Waals surface area (Å²) < 4.78 is 5.07. The molecule has 0 N–H and O–H groups in total. The van der Waals surface area contributed by atoms with E-state index in [9.17, 15) is 0 Å². The summed E-state index contributed by atoms with van der Waals surface area (Å²) >= 11 is 0. The Morgan fingerprint density at radius 2 is 2.12 bits per heavy atom. The molecule has 8 heavy (non-hydrogen) atoms. The fourth-order valence-corrected chi connectivity index (χ4v) is 0.564. The van der Waals surface area contributed by atoms with E-state index in [0.717, 1.165) is 6.42 Å². The Morgan fingerprint density at radius 1 is 1.38 bits per heavy atom. The van der Waals surface area contributed by atoms with Crippen molar-refractivity contribution in [2.45, 2.75) is 32.8 Å². The summed E-state index contributed by atoms with van der Waals surface area (Å²) in [4.78, 5) is 9.33.